The van der Waals surface area contributed by atoms with Gasteiger partial charge in [-0.3, -0.25) is 0 Å². The molecule has 0 saturated heterocycles. The zero-order valence-electron chi connectivity index (χ0n) is 7.15. The van der Waals surface area contributed by atoms with Gasteiger partial charge in [-0.2, -0.15) is 13.2 Å². The van der Waals surface area contributed by atoms with Gasteiger partial charge in [-0.15, -0.1) is 17.0 Å². The van der Waals surface area contributed by atoms with Gasteiger partial charge in [0.2, 0.25) is 10.0 Å². The summed E-state index contributed by atoms with van der Waals surface area (Å²) in [5.74, 6) is 0. The first-order valence-electron chi connectivity index (χ1n) is 3.42. The molecular formula is C7H7BrF3NO2S. The fraction of sp³-hybridized carbons (Fsp3) is 0.143. The minimum absolute atomic E-state index is 0. The van der Waals surface area contributed by atoms with Crippen LogP contribution in [0.3, 0.4) is 0 Å². The lowest BCUT2D eigenvalue weighted by Gasteiger charge is -2.10. The lowest BCUT2D eigenvalue weighted by atomic mass is 10.2. The highest BCUT2D eigenvalue weighted by Gasteiger charge is 2.35. The molecule has 0 aliphatic heterocycles. The molecule has 1 aromatic rings. The molecule has 0 aromatic heterocycles. The maximum atomic E-state index is 12.3. The molecule has 0 unspecified atom stereocenters. The van der Waals surface area contributed by atoms with Crippen molar-refractivity contribution in [2.45, 2.75) is 11.1 Å². The third kappa shape index (κ3) is 3.47. The van der Waals surface area contributed by atoms with Gasteiger partial charge in [-0.25, -0.2) is 13.6 Å². The van der Waals surface area contributed by atoms with E-state index in [1.54, 1.807) is 0 Å². The molecule has 0 aliphatic carbocycles. The van der Waals surface area contributed by atoms with Crippen LogP contribution in [-0.2, 0) is 16.2 Å². The molecule has 86 valence electrons. The van der Waals surface area contributed by atoms with Crippen molar-refractivity contribution < 1.29 is 21.6 Å². The number of rotatable bonds is 1. The van der Waals surface area contributed by atoms with Crippen molar-refractivity contribution in [3.8, 4) is 0 Å². The number of hydrogen-bond acceptors (Lipinski definition) is 2. The van der Waals surface area contributed by atoms with Gasteiger partial charge in [-0.1, -0.05) is 12.1 Å². The number of halogens is 4. The Balaban J connectivity index is 0.00000196. The number of benzene rings is 1. The van der Waals surface area contributed by atoms with Gasteiger partial charge < -0.3 is 0 Å². The first kappa shape index (κ1) is 14.4. The number of sulfonamides is 1. The minimum atomic E-state index is -4.72. The van der Waals surface area contributed by atoms with Crippen molar-refractivity contribution in [2.24, 2.45) is 5.14 Å². The van der Waals surface area contributed by atoms with Gasteiger partial charge in [0.05, 0.1) is 10.5 Å². The Labute approximate surface area is 94.9 Å². The Bertz CT molecular complexity index is 444. The summed E-state index contributed by atoms with van der Waals surface area (Å²) in [7, 11) is -4.34. The van der Waals surface area contributed by atoms with Crippen LogP contribution >= 0.6 is 17.0 Å². The topological polar surface area (TPSA) is 60.2 Å². The lowest BCUT2D eigenvalue weighted by Crippen LogP contribution is -2.18. The van der Waals surface area contributed by atoms with Crippen molar-refractivity contribution in [3.63, 3.8) is 0 Å². The molecule has 0 saturated carbocycles. The van der Waals surface area contributed by atoms with E-state index in [9.17, 15) is 21.6 Å². The van der Waals surface area contributed by atoms with Crippen molar-refractivity contribution in [1.29, 1.82) is 0 Å². The van der Waals surface area contributed by atoms with Gasteiger partial charge in [0.25, 0.3) is 0 Å². The Kier molecular flexibility index (Phi) is 4.32. The minimum Gasteiger partial charge on any atom is -0.225 e. The molecule has 0 amide bonds. The average Bonchev–Trinajstić information content (AvgIpc) is 2.01. The molecule has 0 atom stereocenters. The number of hydrogen-bond donors (Lipinski definition) is 1. The van der Waals surface area contributed by atoms with Gasteiger partial charge in [0, 0.05) is 0 Å². The van der Waals surface area contributed by atoms with E-state index in [0.717, 1.165) is 12.1 Å². The molecule has 15 heavy (non-hydrogen) atoms. The van der Waals surface area contributed by atoms with Crippen LogP contribution in [-0.4, -0.2) is 8.42 Å². The van der Waals surface area contributed by atoms with E-state index in [4.69, 9.17) is 0 Å². The van der Waals surface area contributed by atoms with Crippen LogP contribution in [0, 0.1) is 0 Å². The molecule has 1 rings (SSSR count). The quantitative estimate of drug-likeness (QED) is 0.862. The average molecular weight is 306 g/mol. The van der Waals surface area contributed by atoms with Gasteiger partial charge in [0.15, 0.2) is 0 Å². The molecule has 0 heterocycles. The molecule has 0 radical (unpaired) electrons. The highest BCUT2D eigenvalue weighted by molar-refractivity contribution is 8.93. The first-order chi connectivity index (χ1) is 6.23. The Hall–Kier alpha value is -0.600. The SMILES string of the molecule is Br.NS(=O)(=O)c1ccccc1C(F)(F)F. The summed E-state index contributed by atoms with van der Waals surface area (Å²) in [4.78, 5) is -0.910. The lowest BCUT2D eigenvalue weighted by molar-refractivity contribution is -0.139. The van der Waals surface area contributed by atoms with Crippen LogP contribution in [0.25, 0.3) is 0 Å². The van der Waals surface area contributed by atoms with E-state index in [0.29, 0.717) is 6.07 Å². The standard InChI is InChI=1S/C7H6F3NO2S.BrH/c8-7(9,10)5-3-1-2-4-6(5)14(11,12)13;/h1-4H,(H2,11,12,13);1H. The van der Waals surface area contributed by atoms with Crippen molar-refractivity contribution in [2.75, 3.05) is 0 Å². The monoisotopic (exact) mass is 305 g/mol. The zero-order chi connectivity index (χ0) is 11.0. The van der Waals surface area contributed by atoms with Crippen molar-refractivity contribution >= 4 is 27.0 Å². The second-order valence-corrected chi connectivity index (χ2v) is 4.07. The summed E-state index contributed by atoms with van der Waals surface area (Å²) < 4.78 is 58.3. The number of alkyl halides is 3. The van der Waals surface area contributed by atoms with Gasteiger partial charge >= 0.3 is 6.18 Å². The van der Waals surface area contributed by atoms with E-state index in [1.165, 1.54) is 6.07 Å². The molecule has 1 aromatic carbocycles. The summed E-state index contributed by atoms with van der Waals surface area (Å²) in [6.07, 6.45) is -4.72. The Morgan fingerprint density at radius 1 is 1.13 bits per heavy atom. The molecule has 0 aliphatic rings. The molecule has 0 fully saturated rings. The Morgan fingerprint density at radius 2 is 1.60 bits per heavy atom. The van der Waals surface area contributed by atoms with E-state index < -0.39 is 26.7 Å². The molecule has 0 spiro atoms. The molecule has 0 bridgehead atoms. The number of nitrogens with two attached hydrogens (primary N) is 1. The van der Waals surface area contributed by atoms with Gasteiger partial charge in [-0.05, 0) is 12.1 Å². The molecular weight excluding hydrogens is 299 g/mol. The van der Waals surface area contributed by atoms with Crippen LogP contribution in [0.5, 0.6) is 0 Å². The number of primary sulfonamides is 1. The van der Waals surface area contributed by atoms with E-state index >= 15 is 0 Å². The van der Waals surface area contributed by atoms with Crippen molar-refractivity contribution in [3.05, 3.63) is 29.8 Å². The smallest absolute Gasteiger partial charge is 0.225 e. The van der Waals surface area contributed by atoms with Gasteiger partial charge in [0.1, 0.15) is 0 Å². The van der Waals surface area contributed by atoms with Crippen LogP contribution in [0.4, 0.5) is 13.2 Å². The predicted molar refractivity (Wildman–Crippen MR) is 53.1 cm³/mol. The van der Waals surface area contributed by atoms with E-state index in [-0.39, 0.29) is 17.0 Å². The molecule has 3 nitrogen and oxygen atoms in total. The van der Waals surface area contributed by atoms with E-state index in [1.807, 2.05) is 0 Å². The van der Waals surface area contributed by atoms with Crippen LogP contribution in [0.2, 0.25) is 0 Å². The second kappa shape index (κ2) is 4.50. The summed E-state index contributed by atoms with van der Waals surface area (Å²) >= 11 is 0. The fourth-order valence-electron chi connectivity index (χ4n) is 0.949. The fourth-order valence-corrected chi connectivity index (χ4v) is 1.71. The molecule has 2 N–H and O–H groups in total. The third-order valence-corrected chi connectivity index (χ3v) is 2.47. The second-order valence-electron chi connectivity index (χ2n) is 2.54. The summed E-state index contributed by atoms with van der Waals surface area (Å²) in [5.41, 5.74) is -1.25. The summed E-state index contributed by atoms with van der Waals surface area (Å²) in [6, 6.07) is 3.75. The van der Waals surface area contributed by atoms with Crippen LogP contribution < -0.4 is 5.14 Å². The molecule has 8 heteroatoms. The maximum Gasteiger partial charge on any atom is 0.417 e. The predicted octanol–water partition coefficient (Wildman–Crippen LogP) is 1.93. The summed E-state index contributed by atoms with van der Waals surface area (Å²) in [5, 5.41) is 4.63. The third-order valence-electron chi connectivity index (χ3n) is 1.50. The zero-order valence-corrected chi connectivity index (χ0v) is 9.68. The largest absolute Gasteiger partial charge is 0.417 e. The first-order valence-corrected chi connectivity index (χ1v) is 4.96. The normalized spacial score (nSPS) is 12.0. The van der Waals surface area contributed by atoms with Crippen LogP contribution in [0.1, 0.15) is 5.56 Å². The van der Waals surface area contributed by atoms with Crippen molar-refractivity contribution in [1.82, 2.24) is 0 Å². The maximum absolute atomic E-state index is 12.3. The van der Waals surface area contributed by atoms with Crippen LogP contribution in [0.15, 0.2) is 29.2 Å². The van der Waals surface area contributed by atoms with E-state index in [2.05, 4.69) is 5.14 Å². The highest BCUT2D eigenvalue weighted by Crippen LogP contribution is 2.33. The summed E-state index contributed by atoms with van der Waals surface area (Å²) in [6.45, 7) is 0. The Morgan fingerprint density at radius 3 is 1.93 bits per heavy atom. The highest BCUT2D eigenvalue weighted by atomic mass is 79.9.